The Hall–Kier alpha value is 0.0969. The fourth-order valence-electron chi connectivity index (χ4n) is 1.66. The summed E-state index contributed by atoms with van der Waals surface area (Å²) in [5, 5.41) is 0. The van der Waals surface area contributed by atoms with Gasteiger partial charge in [-0.3, -0.25) is 0 Å². The Balaban J connectivity index is 4.83. The molecule has 0 bridgehead atoms. The van der Waals surface area contributed by atoms with E-state index in [1.165, 1.54) is 0 Å². The predicted molar refractivity (Wildman–Crippen MR) is 69.7 cm³/mol. The van der Waals surface area contributed by atoms with Gasteiger partial charge in [0.15, 0.2) is 5.79 Å². The molecule has 16 heavy (non-hydrogen) atoms. The monoisotopic (exact) mass is 248 g/mol. The summed E-state index contributed by atoms with van der Waals surface area (Å²) in [5.74, 6) is -0.226. The lowest BCUT2D eigenvalue weighted by Gasteiger charge is -2.41. The SMILES string of the molecule is CCO[Si](CC)(CC)OC(C)(OC)C(C)C. The fourth-order valence-corrected chi connectivity index (χ4v) is 4.50. The maximum atomic E-state index is 6.27. The van der Waals surface area contributed by atoms with Crippen LogP contribution in [0.15, 0.2) is 0 Å². The Bertz CT molecular complexity index is 193. The van der Waals surface area contributed by atoms with Crippen LogP contribution in [-0.4, -0.2) is 28.1 Å². The normalized spacial score (nSPS) is 16.5. The van der Waals surface area contributed by atoms with Gasteiger partial charge in [-0.1, -0.05) is 27.7 Å². The predicted octanol–water partition coefficient (Wildman–Crippen LogP) is 3.54. The smallest absolute Gasteiger partial charge is 0.339 e. The molecule has 1 unspecified atom stereocenters. The van der Waals surface area contributed by atoms with Crippen molar-refractivity contribution in [3.8, 4) is 0 Å². The van der Waals surface area contributed by atoms with Crippen LogP contribution in [-0.2, 0) is 13.6 Å². The van der Waals surface area contributed by atoms with Gasteiger partial charge in [-0.25, -0.2) is 0 Å². The molecule has 0 N–H and O–H groups in total. The zero-order chi connectivity index (χ0) is 12.8. The molecule has 0 saturated heterocycles. The van der Waals surface area contributed by atoms with E-state index >= 15 is 0 Å². The highest BCUT2D eigenvalue weighted by Crippen LogP contribution is 2.30. The van der Waals surface area contributed by atoms with E-state index in [-0.39, 0.29) is 0 Å². The number of rotatable bonds is 8. The van der Waals surface area contributed by atoms with E-state index in [9.17, 15) is 0 Å². The van der Waals surface area contributed by atoms with E-state index in [0.29, 0.717) is 12.5 Å². The van der Waals surface area contributed by atoms with Gasteiger partial charge >= 0.3 is 8.56 Å². The van der Waals surface area contributed by atoms with Crippen LogP contribution in [0.5, 0.6) is 0 Å². The van der Waals surface area contributed by atoms with Crippen molar-refractivity contribution < 1.29 is 13.6 Å². The van der Waals surface area contributed by atoms with Crippen molar-refractivity contribution in [1.29, 1.82) is 0 Å². The molecule has 0 radical (unpaired) electrons. The van der Waals surface area contributed by atoms with E-state index in [1.807, 2.05) is 13.8 Å². The summed E-state index contributed by atoms with van der Waals surface area (Å²) < 4.78 is 17.7. The van der Waals surface area contributed by atoms with Gasteiger partial charge < -0.3 is 13.6 Å². The number of hydrogen-bond donors (Lipinski definition) is 0. The molecule has 0 aliphatic carbocycles. The standard InChI is InChI=1S/C12H28O3Si/c1-8-14-16(9-2,10-3)15-12(6,13-7)11(4)5/h11H,8-10H2,1-7H3. The molecule has 0 fully saturated rings. The zero-order valence-electron chi connectivity index (χ0n) is 11.9. The number of methoxy groups -OCH3 is 1. The van der Waals surface area contributed by atoms with Crippen molar-refractivity contribution in [2.75, 3.05) is 13.7 Å². The third-order valence-electron chi connectivity index (χ3n) is 3.33. The number of ether oxygens (including phenoxy) is 1. The first-order chi connectivity index (χ1) is 7.39. The highest BCUT2D eigenvalue weighted by molar-refractivity contribution is 6.67. The maximum Gasteiger partial charge on any atom is 0.339 e. The van der Waals surface area contributed by atoms with Crippen LogP contribution in [0.1, 0.15) is 41.5 Å². The molecule has 0 aliphatic heterocycles. The summed E-state index contributed by atoms with van der Waals surface area (Å²) in [5.41, 5.74) is 0. The second kappa shape index (κ2) is 6.74. The van der Waals surface area contributed by atoms with E-state index in [0.717, 1.165) is 12.1 Å². The van der Waals surface area contributed by atoms with Crippen molar-refractivity contribution in [3.05, 3.63) is 0 Å². The first kappa shape index (κ1) is 16.1. The molecule has 4 heteroatoms. The summed E-state index contributed by atoms with van der Waals surface area (Å²) in [4.78, 5) is 0. The third kappa shape index (κ3) is 3.84. The van der Waals surface area contributed by atoms with E-state index < -0.39 is 14.3 Å². The fraction of sp³-hybridized carbons (Fsp3) is 1.00. The third-order valence-corrected chi connectivity index (χ3v) is 7.07. The van der Waals surface area contributed by atoms with E-state index in [4.69, 9.17) is 13.6 Å². The lowest BCUT2D eigenvalue weighted by atomic mass is 10.1. The van der Waals surface area contributed by atoms with E-state index in [2.05, 4.69) is 27.7 Å². The molecule has 0 spiro atoms. The van der Waals surface area contributed by atoms with Crippen molar-refractivity contribution >= 4 is 8.56 Å². The van der Waals surface area contributed by atoms with Crippen LogP contribution in [0.4, 0.5) is 0 Å². The quantitative estimate of drug-likeness (QED) is 0.486. The minimum absolute atomic E-state index is 0.308. The van der Waals surface area contributed by atoms with Crippen LogP contribution >= 0.6 is 0 Å². The molecular weight excluding hydrogens is 220 g/mol. The molecule has 0 aliphatic rings. The maximum absolute atomic E-state index is 6.27. The van der Waals surface area contributed by atoms with Gasteiger partial charge in [-0.2, -0.15) is 0 Å². The largest absolute Gasteiger partial charge is 0.394 e. The molecule has 0 aromatic heterocycles. The second-order valence-electron chi connectivity index (χ2n) is 4.53. The van der Waals surface area contributed by atoms with Gasteiger partial charge in [-0.15, -0.1) is 0 Å². The molecule has 0 amide bonds. The van der Waals surface area contributed by atoms with Gasteiger partial charge in [0.1, 0.15) is 0 Å². The summed E-state index contributed by atoms with van der Waals surface area (Å²) in [6.07, 6.45) is 0. The van der Waals surface area contributed by atoms with Gasteiger partial charge in [0, 0.05) is 19.6 Å². The van der Waals surface area contributed by atoms with Crippen LogP contribution in [0, 0.1) is 5.92 Å². The van der Waals surface area contributed by atoms with Crippen LogP contribution < -0.4 is 0 Å². The van der Waals surface area contributed by atoms with E-state index in [1.54, 1.807) is 7.11 Å². The lowest BCUT2D eigenvalue weighted by molar-refractivity contribution is -0.195. The lowest BCUT2D eigenvalue weighted by Crippen LogP contribution is -2.51. The van der Waals surface area contributed by atoms with Crippen LogP contribution in [0.3, 0.4) is 0 Å². The van der Waals surface area contributed by atoms with Crippen molar-refractivity contribution in [1.82, 2.24) is 0 Å². The van der Waals surface area contributed by atoms with Gasteiger partial charge in [0.2, 0.25) is 0 Å². The molecule has 0 saturated carbocycles. The first-order valence-corrected chi connectivity index (χ1v) is 8.52. The Morgan fingerprint density at radius 2 is 1.62 bits per heavy atom. The van der Waals surface area contributed by atoms with Gasteiger partial charge in [0.05, 0.1) is 0 Å². The number of hydrogen-bond acceptors (Lipinski definition) is 3. The molecular formula is C12H28O3Si. The molecule has 98 valence electrons. The van der Waals surface area contributed by atoms with Crippen LogP contribution in [0.25, 0.3) is 0 Å². The average Bonchev–Trinajstić information content (AvgIpc) is 2.28. The highest BCUT2D eigenvalue weighted by Gasteiger charge is 2.42. The van der Waals surface area contributed by atoms with Crippen molar-refractivity contribution in [3.63, 3.8) is 0 Å². The minimum atomic E-state index is -2.09. The second-order valence-corrected chi connectivity index (χ2v) is 8.26. The molecule has 0 aromatic rings. The van der Waals surface area contributed by atoms with Crippen molar-refractivity contribution in [2.45, 2.75) is 59.4 Å². The van der Waals surface area contributed by atoms with Crippen molar-refractivity contribution in [2.24, 2.45) is 5.92 Å². The summed E-state index contributed by atoms with van der Waals surface area (Å²) in [7, 11) is -0.383. The molecule has 1 atom stereocenters. The Morgan fingerprint density at radius 1 is 1.12 bits per heavy atom. The van der Waals surface area contributed by atoms with Gasteiger partial charge in [0.25, 0.3) is 0 Å². The topological polar surface area (TPSA) is 27.7 Å². The Kier molecular flexibility index (Phi) is 6.78. The first-order valence-electron chi connectivity index (χ1n) is 6.29. The molecule has 0 heterocycles. The molecule has 3 nitrogen and oxygen atoms in total. The summed E-state index contributed by atoms with van der Waals surface area (Å²) >= 11 is 0. The zero-order valence-corrected chi connectivity index (χ0v) is 12.9. The highest BCUT2D eigenvalue weighted by atomic mass is 28.4. The molecule has 0 aromatic carbocycles. The average molecular weight is 248 g/mol. The summed E-state index contributed by atoms with van der Waals surface area (Å²) in [6.45, 7) is 13.2. The Morgan fingerprint density at radius 3 is 1.88 bits per heavy atom. The van der Waals surface area contributed by atoms with Crippen LogP contribution in [0.2, 0.25) is 12.1 Å². The summed E-state index contributed by atoms with van der Waals surface area (Å²) in [6, 6.07) is 1.92. The van der Waals surface area contributed by atoms with Gasteiger partial charge in [-0.05, 0) is 25.9 Å². The minimum Gasteiger partial charge on any atom is -0.394 e. The molecule has 0 rings (SSSR count). The Labute approximate surface area is 102 Å².